The van der Waals surface area contributed by atoms with Gasteiger partial charge in [0.2, 0.25) is 0 Å². The third kappa shape index (κ3) is 53.8. The summed E-state index contributed by atoms with van der Waals surface area (Å²) in [4.78, 5) is 2.33. The van der Waals surface area contributed by atoms with Gasteiger partial charge in [0.1, 0.15) is 0 Å². The van der Waals surface area contributed by atoms with Crippen LogP contribution < -0.4 is 11.1 Å². The molecule has 0 aromatic heterocycles. The molecule has 0 fully saturated rings. The van der Waals surface area contributed by atoms with Crippen molar-refractivity contribution in [1.82, 2.24) is 10.2 Å². The van der Waals surface area contributed by atoms with Crippen molar-refractivity contribution in [3.63, 3.8) is 0 Å². The molecule has 3 N–H and O–H groups in total. The minimum atomic E-state index is 0.319. The fraction of sp³-hybridized carbons (Fsp3) is 0.733. The topological polar surface area (TPSA) is 41.3 Å². The molecule has 33 heavy (non-hydrogen) atoms. The Kier molecular flexibility index (Phi) is 25.3. The summed E-state index contributed by atoms with van der Waals surface area (Å²) in [7, 11) is 0. The second-order valence-corrected chi connectivity index (χ2v) is 12.5. The predicted octanol–water partition coefficient (Wildman–Crippen LogP) is 7.87. The Morgan fingerprint density at radius 3 is 1.33 bits per heavy atom. The molecule has 0 aliphatic heterocycles. The maximum atomic E-state index is 5.31. The van der Waals surface area contributed by atoms with Crippen LogP contribution in [0.25, 0.3) is 0 Å². The van der Waals surface area contributed by atoms with E-state index in [1.807, 2.05) is 26.0 Å². The van der Waals surface area contributed by atoms with Crippen LogP contribution in [0.2, 0.25) is 0 Å². The van der Waals surface area contributed by atoms with Gasteiger partial charge in [0.25, 0.3) is 0 Å². The van der Waals surface area contributed by atoms with Crippen LogP contribution in [0.4, 0.5) is 0 Å². The molecule has 0 aliphatic carbocycles. The van der Waals surface area contributed by atoms with Gasteiger partial charge in [-0.3, -0.25) is 4.90 Å². The molecule has 0 saturated carbocycles. The summed E-state index contributed by atoms with van der Waals surface area (Å²) < 4.78 is 0. The lowest BCUT2D eigenvalue weighted by Gasteiger charge is -2.27. The fourth-order valence-corrected chi connectivity index (χ4v) is 1.89. The van der Waals surface area contributed by atoms with Gasteiger partial charge in [-0.25, -0.2) is 0 Å². The number of hydrogen-bond donors (Lipinski definition) is 2. The van der Waals surface area contributed by atoms with Crippen molar-refractivity contribution in [2.24, 2.45) is 22.0 Å². The van der Waals surface area contributed by atoms with Crippen molar-refractivity contribution >= 4 is 0 Å². The average Bonchev–Trinajstić information content (AvgIpc) is 2.60. The molecule has 0 saturated heterocycles. The Bertz CT molecular complexity index is 486. The zero-order chi connectivity index (χ0) is 27.3. The molecule has 0 heterocycles. The van der Waals surface area contributed by atoms with E-state index in [1.54, 1.807) is 0 Å². The average molecular weight is 466 g/mol. The zero-order valence-corrected chi connectivity index (χ0v) is 25.0. The van der Waals surface area contributed by atoms with Crippen LogP contribution in [-0.4, -0.2) is 44.2 Å². The Hall–Kier alpha value is -1.16. The quantitative estimate of drug-likeness (QED) is 0.340. The molecule has 0 rings (SSSR count). The summed E-state index contributed by atoms with van der Waals surface area (Å²) in [6.45, 7) is 46.6. The van der Waals surface area contributed by atoms with Crippen LogP contribution in [-0.2, 0) is 0 Å². The van der Waals surface area contributed by atoms with E-state index in [9.17, 15) is 0 Å². The maximum Gasteiger partial charge on any atom is 0.0164 e. The molecule has 0 aliphatic rings. The van der Waals surface area contributed by atoms with Gasteiger partial charge in [-0.1, -0.05) is 99.1 Å². The van der Waals surface area contributed by atoms with Gasteiger partial charge >= 0.3 is 0 Å². The number of hydrogen-bond acceptors (Lipinski definition) is 3. The summed E-state index contributed by atoms with van der Waals surface area (Å²) in [5, 5.41) is 3.33. The van der Waals surface area contributed by atoms with Crippen molar-refractivity contribution in [2.45, 2.75) is 89.5 Å². The van der Waals surface area contributed by atoms with E-state index < -0.39 is 0 Å². The Labute approximate surface area is 210 Å². The van der Waals surface area contributed by atoms with Crippen molar-refractivity contribution in [3.8, 4) is 0 Å². The number of rotatable bonds is 9. The van der Waals surface area contributed by atoms with Gasteiger partial charge in [0.05, 0.1) is 0 Å². The first-order valence-electron chi connectivity index (χ1n) is 12.4. The maximum absolute atomic E-state index is 5.31. The van der Waals surface area contributed by atoms with Crippen LogP contribution >= 0.6 is 0 Å². The Balaban J connectivity index is -0.000000180. The smallest absolute Gasteiger partial charge is 0.0164 e. The molecule has 3 nitrogen and oxygen atoms in total. The van der Waals surface area contributed by atoms with Gasteiger partial charge in [0.15, 0.2) is 0 Å². The van der Waals surface area contributed by atoms with Crippen LogP contribution in [0, 0.1) is 16.2 Å². The third-order valence-corrected chi connectivity index (χ3v) is 3.77. The highest BCUT2D eigenvalue weighted by Crippen LogP contribution is 2.14. The monoisotopic (exact) mass is 466 g/mol. The second kappa shape index (κ2) is 21.4. The van der Waals surface area contributed by atoms with Crippen molar-refractivity contribution in [2.75, 3.05) is 39.3 Å². The normalized spacial score (nSPS) is 11.1. The third-order valence-electron chi connectivity index (χ3n) is 3.77. The van der Waals surface area contributed by atoms with E-state index in [4.69, 9.17) is 5.73 Å². The number of nitrogens with one attached hydrogen (secondary N) is 1. The van der Waals surface area contributed by atoms with Crippen LogP contribution in [0.15, 0.2) is 49.6 Å². The summed E-state index contributed by atoms with van der Waals surface area (Å²) in [6, 6.07) is 0. The van der Waals surface area contributed by atoms with Crippen molar-refractivity contribution in [1.29, 1.82) is 0 Å². The molecule has 198 valence electrons. The van der Waals surface area contributed by atoms with Crippen molar-refractivity contribution in [3.05, 3.63) is 49.6 Å². The van der Waals surface area contributed by atoms with E-state index in [0.29, 0.717) is 16.2 Å². The van der Waals surface area contributed by atoms with E-state index in [1.165, 1.54) is 11.1 Å². The van der Waals surface area contributed by atoms with E-state index >= 15 is 0 Å². The Morgan fingerprint density at radius 1 is 0.788 bits per heavy atom. The van der Waals surface area contributed by atoms with Gasteiger partial charge in [0, 0.05) is 32.7 Å². The highest BCUT2D eigenvalue weighted by Gasteiger charge is 2.14. The minimum Gasteiger partial charge on any atom is -0.330 e. The summed E-state index contributed by atoms with van der Waals surface area (Å²) >= 11 is 0. The van der Waals surface area contributed by atoms with E-state index in [0.717, 1.165) is 45.7 Å². The molecular weight excluding hydrogens is 402 g/mol. The summed E-state index contributed by atoms with van der Waals surface area (Å²) in [5.74, 6) is 0. The first-order chi connectivity index (χ1) is 14.7. The second-order valence-electron chi connectivity index (χ2n) is 12.5. The molecule has 0 aromatic carbocycles. The SMILES string of the molecule is C=C(C)CC.C=C(C)CNCC(C)(C)C.C=CCN(CC=C)CC(C)(C)C.CC(C)(C)CN. The molecular formula is C30H63N3. The molecule has 0 amide bonds. The minimum absolute atomic E-state index is 0.319. The summed E-state index contributed by atoms with van der Waals surface area (Å²) in [6.07, 6.45) is 4.99. The molecule has 0 bridgehead atoms. The van der Waals surface area contributed by atoms with Gasteiger partial charge in [-0.05, 0) is 43.1 Å². The summed E-state index contributed by atoms with van der Waals surface area (Å²) in [5.41, 5.74) is 8.82. The molecule has 0 atom stereocenters. The number of nitrogens with zero attached hydrogens (tertiary/aromatic N) is 1. The Morgan fingerprint density at radius 2 is 1.15 bits per heavy atom. The molecule has 3 heteroatoms. The molecule has 0 radical (unpaired) electrons. The van der Waals surface area contributed by atoms with Gasteiger partial charge < -0.3 is 11.1 Å². The molecule has 0 aromatic rings. The lowest BCUT2D eigenvalue weighted by atomic mass is 9.96. The fourth-order valence-electron chi connectivity index (χ4n) is 1.89. The first-order valence-corrected chi connectivity index (χ1v) is 12.4. The molecule has 0 unspecified atom stereocenters. The van der Waals surface area contributed by atoms with Gasteiger partial charge in [-0.15, -0.1) is 19.7 Å². The molecule has 0 spiro atoms. The van der Waals surface area contributed by atoms with E-state index in [2.05, 4.69) is 106 Å². The highest BCUT2D eigenvalue weighted by atomic mass is 15.1. The van der Waals surface area contributed by atoms with Crippen molar-refractivity contribution < 1.29 is 0 Å². The predicted molar refractivity (Wildman–Crippen MR) is 157 cm³/mol. The highest BCUT2D eigenvalue weighted by molar-refractivity contribution is 4.90. The standard InChI is InChI=1S/C11H21N.C9H19N.C5H13N.C5H10/c1-6-8-12(9-7-2)10-11(3,4)5;1-8(2)6-10-7-9(3,4)5;1-5(2,3)4-6;1-4-5(2)3/h6-7H,1-2,8-10H2,3-5H3;10H,1,6-7H2,2-5H3;4,6H2,1-3H3;2,4H2,1,3H3. The van der Waals surface area contributed by atoms with E-state index in [-0.39, 0.29) is 0 Å². The largest absolute Gasteiger partial charge is 0.330 e. The van der Waals surface area contributed by atoms with Crippen LogP contribution in [0.5, 0.6) is 0 Å². The van der Waals surface area contributed by atoms with Gasteiger partial charge in [-0.2, -0.15) is 0 Å². The number of allylic oxidation sites excluding steroid dienone is 1. The number of nitrogens with two attached hydrogens (primary N) is 1. The van der Waals surface area contributed by atoms with Crippen LogP contribution in [0.1, 0.15) is 89.5 Å². The lowest BCUT2D eigenvalue weighted by molar-refractivity contribution is 0.225. The lowest BCUT2D eigenvalue weighted by Crippen LogP contribution is -2.32. The first kappa shape index (κ1) is 39.1. The van der Waals surface area contributed by atoms with Crippen LogP contribution in [0.3, 0.4) is 0 Å². The zero-order valence-electron chi connectivity index (χ0n) is 25.0.